The van der Waals surface area contributed by atoms with Crippen molar-refractivity contribution in [1.82, 2.24) is 0 Å². The van der Waals surface area contributed by atoms with Crippen LogP contribution in [0.4, 0.5) is 0 Å². The van der Waals surface area contributed by atoms with Gasteiger partial charge in [-0.1, -0.05) is 48.6 Å². The standard InChI is InChI=1S/C19H18O4S2/c20-24(21,16-7-3-1-4-8-16)18-14-11-12-15(13-14)19(18)25(22,23)17-9-5-2-6-10-17/h1-12,14-15,18-19H,13H2/t14-,15-,18-,19-/m0/s1. The lowest BCUT2D eigenvalue weighted by atomic mass is 10.1. The van der Waals surface area contributed by atoms with Gasteiger partial charge in [-0.25, -0.2) is 16.8 Å². The maximum absolute atomic E-state index is 13.2. The largest absolute Gasteiger partial charge is 0.223 e. The molecule has 0 N–H and O–H groups in total. The van der Waals surface area contributed by atoms with Crippen LogP contribution in [0.25, 0.3) is 0 Å². The molecule has 0 spiro atoms. The average Bonchev–Trinajstić information content (AvgIpc) is 3.25. The van der Waals surface area contributed by atoms with E-state index in [-0.39, 0.29) is 21.6 Å². The van der Waals surface area contributed by atoms with Crippen LogP contribution in [-0.2, 0) is 19.7 Å². The van der Waals surface area contributed by atoms with Crippen molar-refractivity contribution >= 4 is 19.7 Å². The summed E-state index contributed by atoms with van der Waals surface area (Å²) in [4.78, 5) is 0.378. The Labute approximate surface area is 148 Å². The number of sulfone groups is 2. The van der Waals surface area contributed by atoms with E-state index in [9.17, 15) is 16.8 Å². The monoisotopic (exact) mass is 374 g/mol. The molecule has 0 heterocycles. The van der Waals surface area contributed by atoms with E-state index in [1.807, 2.05) is 12.2 Å². The Kier molecular flexibility index (Phi) is 3.85. The van der Waals surface area contributed by atoms with Crippen LogP contribution >= 0.6 is 0 Å². The lowest BCUT2D eigenvalue weighted by Gasteiger charge is -2.27. The van der Waals surface area contributed by atoms with Crippen molar-refractivity contribution in [1.29, 1.82) is 0 Å². The molecule has 0 unspecified atom stereocenters. The van der Waals surface area contributed by atoms with Gasteiger partial charge in [0.1, 0.15) is 0 Å². The third-order valence-electron chi connectivity index (χ3n) is 5.18. The first-order valence-electron chi connectivity index (χ1n) is 8.18. The van der Waals surface area contributed by atoms with Gasteiger partial charge in [0.25, 0.3) is 0 Å². The summed E-state index contributed by atoms with van der Waals surface area (Å²) in [5, 5.41) is -1.87. The molecule has 25 heavy (non-hydrogen) atoms. The number of rotatable bonds is 4. The van der Waals surface area contributed by atoms with Gasteiger partial charge in [-0.2, -0.15) is 0 Å². The molecule has 2 bridgehead atoms. The first-order chi connectivity index (χ1) is 11.9. The molecule has 4 rings (SSSR count). The third kappa shape index (κ3) is 2.55. The second-order valence-corrected chi connectivity index (χ2v) is 10.8. The van der Waals surface area contributed by atoms with E-state index >= 15 is 0 Å². The van der Waals surface area contributed by atoms with E-state index < -0.39 is 30.2 Å². The number of fused-ring (bicyclic) bond motifs is 2. The topological polar surface area (TPSA) is 68.3 Å². The van der Waals surface area contributed by atoms with Gasteiger partial charge in [-0.3, -0.25) is 0 Å². The quantitative estimate of drug-likeness (QED) is 0.772. The molecule has 2 aliphatic carbocycles. The first-order valence-corrected chi connectivity index (χ1v) is 11.3. The highest BCUT2D eigenvalue weighted by atomic mass is 32.2. The van der Waals surface area contributed by atoms with Gasteiger partial charge in [0.05, 0.1) is 20.3 Å². The van der Waals surface area contributed by atoms with Gasteiger partial charge < -0.3 is 0 Å². The predicted octanol–water partition coefficient (Wildman–Crippen LogP) is 2.88. The van der Waals surface area contributed by atoms with Crippen molar-refractivity contribution in [2.24, 2.45) is 11.8 Å². The smallest absolute Gasteiger partial charge is 0.183 e. The summed E-state index contributed by atoms with van der Waals surface area (Å²) in [6, 6.07) is 16.3. The Bertz CT molecular complexity index is 926. The SMILES string of the molecule is O=S(=O)(c1ccccc1)[C@@H]1[C@@H](S(=O)(=O)c2ccccc2)[C@H]2C=C[C@H]1C2. The highest BCUT2D eigenvalue weighted by molar-refractivity contribution is 7.96. The van der Waals surface area contributed by atoms with Gasteiger partial charge in [-0.05, 0) is 42.5 Å². The van der Waals surface area contributed by atoms with Gasteiger partial charge in [0.15, 0.2) is 19.7 Å². The zero-order valence-corrected chi connectivity index (χ0v) is 15.0. The van der Waals surface area contributed by atoms with Crippen LogP contribution in [0.15, 0.2) is 82.6 Å². The number of allylic oxidation sites excluding steroid dienone is 2. The predicted molar refractivity (Wildman–Crippen MR) is 95.6 cm³/mol. The van der Waals surface area contributed by atoms with Crippen molar-refractivity contribution < 1.29 is 16.8 Å². The van der Waals surface area contributed by atoms with Gasteiger partial charge in [0.2, 0.25) is 0 Å². The Morgan fingerprint density at radius 3 is 1.32 bits per heavy atom. The zero-order valence-electron chi connectivity index (χ0n) is 13.4. The highest BCUT2D eigenvalue weighted by Crippen LogP contribution is 2.48. The van der Waals surface area contributed by atoms with E-state index in [0.29, 0.717) is 6.42 Å². The maximum atomic E-state index is 13.2. The lowest BCUT2D eigenvalue weighted by Crippen LogP contribution is -2.42. The molecule has 2 aromatic rings. The second-order valence-electron chi connectivity index (χ2n) is 6.59. The Morgan fingerprint density at radius 1 is 0.600 bits per heavy atom. The molecule has 0 radical (unpaired) electrons. The fraction of sp³-hybridized carbons (Fsp3) is 0.263. The summed E-state index contributed by atoms with van der Waals surface area (Å²) in [7, 11) is -7.48. The van der Waals surface area contributed by atoms with E-state index in [0.717, 1.165) is 0 Å². The minimum Gasteiger partial charge on any atom is -0.223 e. The van der Waals surface area contributed by atoms with Crippen LogP contribution in [0.2, 0.25) is 0 Å². The molecule has 1 saturated carbocycles. The average molecular weight is 374 g/mol. The molecule has 1 fully saturated rings. The molecule has 4 nitrogen and oxygen atoms in total. The molecule has 4 atom stereocenters. The van der Waals surface area contributed by atoms with E-state index in [1.54, 1.807) is 36.4 Å². The maximum Gasteiger partial charge on any atom is 0.183 e. The van der Waals surface area contributed by atoms with Crippen LogP contribution < -0.4 is 0 Å². The summed E-state index contributed by atoms with van der Waals surface area (Å²) in [5.41, 5.74) is 0. The highest BCUT2D eigenvalue weighted by Gasteiger charge is 2.56. The summed E-state index contributed by atoms with van der Waals surface area (Å²) in [6.07, 6.45) is 4.31. The van der Waals surface area contributed by atoms with Crippen molar-refractivity contribution in [3.05, 3.63) is 72.8 Å². The minimum atomic E-state index is -3.74. The normalized spacial score (nSPS) is 28.3. The minimum absolute atomic E-state index is 0.189. The van der Waals surface area contributed by atoms with Gasteiger partial charge in [-0.15, -0.1) is 0 Å². The summed E-state index contributed by atoms with van der Waals surface area (Å²) in [6.45, 7) is 0. The summed E-state index contributed by atoms with van der Waals surface area (Å²) >= 11 is 0. The molecule has 2 aliphatic rings. The molecule has 0 aliphatic heterocycles. The molecule has 130 valence electrons. The Morgan fingerprint density at radius 2 is 0.960 bits per heavy atom. The van der Waals surface area contributed by atoms with Crippen LogP contribution in [-0.4, -0.2) is 27.3 Å². The first kappa shape index (κ1) is 16.5. The zero-order chi connectivity index (χ0) is 17.7. The molecule has 0 amide bonds. The van der Waals surface area contributed by atoms with Crippen LogP contribution in [0.1, 0.15) is 6.42 Å². The molecule has 6 heteroatoms. The Hall–Kier alpha value is -1.92. The second kappa shape index (κ2) is 5.81. The van der Waals surface area contributed by atoms with Crippen molar-refractivity contribution in [3.63, 3.8) is 0 Å². The summed E-state index contributed by atoms with van der Waals surface area (Å²) < 4.78 is 52.9. The van der Waals surface area contributed by atoms with E-state index in [2.05, 4.69) is 0 Å². The van der Waals surface area contributed by atoms with E-state index in [1.165, 1.54) is 24.3 Å². The van der Waals surface area contributed by atoms with Gasteiger partial charge >= 0.3 is 0 Å². The summed E-state index contributed by atoms with van der Waals surface area (Å²) in [5.74, 6) is -0.502. The third-order valence-corrected chi connectivity index (χ3v) is 9.93. The van der Waals surface area contributed by atoms with Crippen molar-refractivity contribution in [2.75, 3.05) is 0 Å². The number of benzene rings is 2. The molecule has 0 saturated heterocycles. The van der Waals surface area contributed by atoms with Crippen molar-refractivity contribution in [2.45, 2.75) is 26.7 Å². The fourth-order valence-electron chi connectivity index (χ4n) is 4.08. The molecular formula is C19H18O4S2. The molecule has 0 aromatic heterocycles. The lowest BCUT2D eigenvalue weighted by molar-refractivity contribution is 0.540. The number of hydrogen-bond donors (Lipinski definition) is 0. The molecule has 2 aromatic carbocycles. The van der Waals surface area contributed by atoms with Crippen molar-refractivity contribution in [3.8, 4) is 0 Å². The van der Waals surface area contributed by atoms with Crippen LogP contribution in [0, 0.1) is 11.8 Å². The number of hydrogen-bond acceptors (Lipinski definition) is 4. The van der Waals surface area contributed by atoms with Crippen LogP contribution in [0.5, 0.6) is 0 Å². The van der Waals surface area contributed by atoms with E-state index in [4.69, 9.17) is 0 Å². The fourth-order valence-corrected chi connectivity index (χ4v) is 9.09. The van der Waals surface area contributed by atoms with Gasteiger partial charge in [0, 0.05) is 0 Å². The van der Waals surface area contributed by atoms with Crippen LogP contribution in [0.3, 0.4) is 0 Å². The Balaban J connectivity index is 1.84. The molecular weight excluding hydrogens is 356 g/mol.